The molecule has 0 bridgehead atoms. The predicted octanol–water partition coefficient (Wildman–Crippen LogP) is 0.541. The second kappa shape index (κ2) is 6.15. The fraction of sp³-hybridized carbons (Fsp3) is 0.833. The molecular weight excluding hydrogens is 236 g/mol. The number of rotatable bonds is 6. The first-order chi connectivity index (χ1) is 8.38. The van der Waals surface area contributed by atoms with Crippen molar-refractivity contribution in [1.29, 1.82) is 0 Å². The third-order valence-corrected chi connectivity index (χ3v) is 3.90. The minimum absolute atomic E-state index is 0.0326. The summed E-state index contributed by atoms with van der Waals surface area (Å²) < 4.78 is 0. The number of carbonyl (C=O) groups is 2. The highest BCUT2D eigenvalue weighted by Crippen LogP contribution is 2.34. The third kappa shape index (κ3) is 3.43. The summed E-state index contributed by atoms with van der Waals surface area (Å²) >= 11 is 0. The van der Waals surface area contributed by atoms with Crippen LogP contribution in [0.4, 0.5) is 0 Å². The Bertz CT molecular complexity index is 321. The van der Waals surface area contributed by atoms with Gasteiger partial charge in [-0.25, -0.2) is 0 Å². The summed E-state index contributed by atoms with van der Waals surface area (Å²) in [6.07, 6.45) is 3.74. The van der Waals surface area contributed by atoms with Gasteiger partial charge in [0.2, 0.25) is 0 Å². The van der Waals surface area contributed by atoms with Gasteiger partial charge in [0.25, 0.3) is 0 Å². The first-order valence-electron chi connectivity index (χ1n) is 6.37. The van der Waals surface area contributed by atoms with Gasteiger partial charge in [0.15, 0.2) is 0 Å². The number of carboxylic acids is 2. The molecule has 1 aliphatic carbocycles. The van der Waals surface area contributed by atoms with Gasteiger partial charge in [-0.15, -0.1) is 0 Å². The lowest BCUT2D eigenvalue weighted by molar-refractivity contribution is -0.146. The highest BCUT2D eigenvalue weighted by molar-refractivity contribution is 5.72. The Kier molecular flexibility index (Phi) is 5.10. The molecule has 3 unspecified atom stereocenters. The van der Waals surface area contributed by atoms with E-state index >= 15 is 0 Å². The average molecular weight is 258 g/mol. The van der Waals surface area contributed by atoms with Crippen LogP contribution in [-0.2, 0) is 9.59 Å². The predicted molar refractivity (Wildman–Crippen MR) is 66.0 cm³/mol. The van der Waals surface area contributed by atoms with Gasteiger partial charge in [-0.3, -0.25) is 9.59 Å². The SMILES string of the molecule is NC1CCCCC1(N)C(CCCC(=O)O)C(=O)O. The van der Waals surface area contributed by atoms with Gasteiger partial charge in [0.1, 0.15) is 0 Å². The molecule has 0 radical (unpaired) electrons. The van der Waals surface area contributed by atoms with Gasteiger partial charge in [-0.2, -0.15) is 0 Å². The standard InChI is InChI=1S/C12H22N2O4/c13-9-5-1-2-7-12(9,14)8(11(17)18)4-3-6-10(15)16/h8-9H,1-7,13-14H2,(H,15,16)(H,17,18). The van der Waals surface area contributed by atoms with Crippen molar-refractivity contribution in [2.24, 2.45) is 17.4 Å². The maximum absolute atomic E-state index is 11.3. The summed E-state index contributed by atoms with van der Waals surface area (Å²) in [6.45, 7) is 0. The van der Waals surface area contributed by atoms with E-state index in [1.807, 2.05) is 0 Å². The largest absolute Gasteiger partial charge is 0.481 e. The number of hydrogen-bond donors (Lipinski definition) is 4. The molecule has 0 aliphatic heterocycles. The van der Waals surface area contributed by atoms with Crippen molar-refractivity contribution in [3.05, 3.63) is 0 Å². The molecule has 0 aromatic carbocycles. The van der Waals surface area contributed by atoms with E-state index in [-0.39, 0.29) is 18.9 Å². The Labute approximate surface area is 106 Å². The summed E-state index contributed by atoms with van der Waals surface area (Å²) in [5, 5.41) is 17.9. The molecular formula is C12H22N2O4. The van der Waals surface area contributed by atoms with E-state index in [1.54, 1.807) is 0 Å². The van der Waals surface area contributed by atoms with E-state index in [2.05, 4.69) is 0 Å². The van der Waals surface area contributed by atoms with E-state index in [4.69, 9.17) is 16.6 Å². The molecule has 6 heteroatoms. The van der Waals surface area contributed by atoms with E-state index in [0.717, 1.165) is 19.3 Å². The second-order valence-corrected chi connectivity index (χ2v) is 5.14. The Morgan fingerprint density at radius 2 is 2.00 bits per heavy atom. The molecule has 18 heavy (non-hydrogen) atoms. The van der Waals surface area contributed by atoms with Crippen LogP contribution in [0.1, 0.15) is 44.9 Å². The van der Waals surface area contributed by atoms with Gasteiger partial charge in [-0.1, -0.05) is 12.8 Å². The van der Waals surface area contributed by atoms with Gasteiger partial charge in [-0.05, 0) is 25.7 Å². The number of carboxylic acid groups (broad SMARTS) is 2. The van der Waals surface area contributed by atoms with E-state index in [0.29, 0.717) is 12.8 Å². The molecule has 0 aromatic rings. The molecule has 3 atom stereocenters. The van der Waals surface area contributed by atoms with Crippen molar-refractivity contribution in [2.75, 3.05) is 0 Å². The van der Waals surface area contributed by atoms with Crippen LogP contribution in [0.2, 0.25) is 0 Å². The molecule has 0 spiro atoms. The van der Waals surface area contributed by atoms with E-state index in [9.17, 15) is 14.7 Å². The quantitative estimate of drug-likeness (QED) is 0.550. The fourth-order valence-corrected chi connectivity index (χ4v) is 2.76. The molecule has 0 heterocycles. The number of hydrogen-bond acceptors (Lipinski definition) is 4. The molecule has 0 saturated heterocycles. The Morgan fingerprint density at radius 3 is 2.50 bits per heavy atom. The van der Waals surface area contributed by atoms with Crippen LogP contribution in [0.15, 0.2) is 0 Å². The molecule has 1 fully saturated rings. The fourth-order valence-electron chi connectivity index (χ4n) is 2.76. The highest BCUT2D eigenvalue weighted by Gasteiger charge is 2.45. The second-order valence-electron chi connectivity index (χ2n) is 5.14. The zero-order chi connectivity index (χ0) is 13.8. The Hall–Kier alpha value is -1.14. The zero-order valence-electron chi connectivity index (χ0n) is 10.5. The molecule has 0 aromatic heterocycles. The van der Waals surface area contributed by atoms with Crippen molar-refractivity contribution in [3.63, 3.8) is 0 Å². The molecule has 0 amide bonds. The maximum atomic E-state index is 11.3. The summed E-state index contributed by atoms with van der Waals surface area (Å²) in [6, 6.07) is -0.322. The Morgan fingerprint density at radius 1 is 1.33 bits per heavy atom. The van der Waals surface area contributed by atoms with Crippen LogP contribution in [0.3, 0.4) is 0 Å². The summed E-state index contributed by atoms with van der Waals surface area (Å²) in [5.41, 5.74) is 11.3. The van der Waals surface area contributed by atoms with Crippen LogP contribution in [0.25, 0.3) is 0 Å². The van der Waals surface area contributed by atoms with Crippen LogP contribution >= 0.6 is 0 Å². The number of aliphatic carboxylic acids is 2. The molecule has 1 rings (SSSR count). The van der Waals surface area contributed by atoms with E-state index < -0.39 is 23.4 Å². The first kappa shape index (κ1) is 14.9. The number of nitrogens with two attached hydrogens (primary N) is 2. The molecule has 6 nitrogen and oxygen atoms in total. The molecule has 6 N–H and O–H groups in total. The lowest BCUT2D eigenvalue weighted by atomic mass is 9.69. The topological polar surface area (TPSA) is 127 Å². The minimum Gasteiger partial charge on any atom is -0.481 e. The summed E-state index contributed by atoms with van der Waals surface area (Å²) in [7, 11) is 0. The Balaban J connectivity index is 2.70. The molecule has 1 aliphatic rings. The first-order valence-corrected chi connectivity index (χ1v) is 6.37. The smallest absolute Gasteiger partial charge is 0.308 e. The van der Waals surface area contributed by atoms with Crippen LogP contribution in [0, 0.1) is 5.92 Å². The minimum atomic E-state index is -0.972. The lowest BCUT2D eigenvalue weighted by Gasteiger charge is -2.43. The van der Waals surface area contributed by atoms with Crippen molar-refractivity contribution in [1.82, 2.24) is 0 Å². The normalized spacial score (nSPS) is 29.8. The average Bonchev–Trinajstić information content (AvgIpc) is 2.27. The summed E-state index contributed by atoms with van der Waals surface area (Å²) in [4.78, 5) is 21.8. The van der Waals surface area contributed by atoms with Gasteiger partial charge >= 0.3 is 11.9 Å². The maximum Gasteiger partial charge on any atom is 0.308 e. The van der Waals surface area contributed by atoms with Gasteiger partial charge < -0.3 is 21.7 Å². The molecule has 104 valence electrons. The lowest BCUT2D eigenvalue weighted by Crippen LogP contribution is -2.63. The zero-order valence-corrected chi connectivity index (χ0v) is 10.5. The van der Waals surface area contributed by atoms with E-state index in [1.165, 1.54) is 0 Å². The van der Waals surface area contributed by atoms with Gasteiger partial charge in [0.05, 0.1) is 5.92 Å². The van der Waals surface area contributed by atoms with Crippen molar-refractivity contribution >= 4 is 11.9 Å². The molecule has 1 saturated carbocycles. The highest BCUT2D eigenvalue weighted by atomic mass is 16.4. The van der Waals surface area contributed by atoms with Crippen molar-refractivity contribution in [3.8, 4) is 0 Å². The van der Waals surface area contributed by atoms with Crippen LogP contribution in [-0.4, -0.2) is 33.7 Å². The summed E-state index contributed by atoms with van der Waals surface area (Å²) in [5.74, 6) is -2.65. The van der Waals surface area contributed by atoms with Crippen LogP contribution < -0.4 is 11.5 Å². The monoisotopic (exact) mass is 258 g/mol. The van der Waals surface area contributed by atoms with Crippen molar-refractivity contribution in [2.45, 2.75) is 56.5 Å². The van der Waals surface area contributed by atoms with Crippen LogP contribution in [0.5, 0.6) is 0 Å². The van der Waals surface area contributed by atoms with Gasteiger partial charge in [0, 0.05) is 18.0 Å². The third-order valence-electron chi connectivity index (χ3n) is 3.90. The van der Waals surface area contributed by atoms with Crippen molar-refractivity contribution < 1.29 is 19.8 Å².